The molecule has 1 saturated heterocycles. The van der Waals surface area contributed by atoms with Crippen LogP contribution in [0.15, 0.2) is 24.4 Å². The molecule has 0 bridgehead atoms. The number of nitrogens with one attached hydrogen (secondary N) is 1. The van der Waals surface area contributed by atoms with Gasteiger partial charge in [-0.05, 0) is 37.8 Å². The molecule has 2 fully saturated rings. The van der Waals surface area contributed by atoms with Gasteiger partial charge in [-0.15, -0.1) is 10.2 Å². The largest absolute Gasteiger partial charge is 0.342 e. The van der Waals surface area contributed by atoms with Gasteiger partial charge in [-0.1, -0.05) is 17.4 Å². The summed E-state index contributed by atoms with van der Waals surface area (Å²) in [5, 5.41) is 12.1. The van der Waals surface area contributed by atoms with Gasteiger partial charge in [-0.25, -0.2) is 0 Å². The average Bonchev–Trinajstić information content (AvgIpc) is 3.41. The summed E-state index contributed by atoms with van der Waals surface area (Å²) in [5.74, 6) is 0.396. The van der Waals surface area contributed by atoms with E-state index in [0.717, 1.165) is 18.5 Å². The maximum absolute atomic E-state index is 12.4. The van der Waals surface area contributed by atoms with Crippen LogP contribution < -0.4 is 5.32 Å². The van der Waals surface area contributed by atoms with E-state index in [1.54, 1.807) is 6.20 Å². The topological polar surface area (TPSA) is 88.1 Å². The van der Waals surface area contributed by atoms with Gasteiger partial charge in [0, 0.05) is 31.1 Å². The summed E-state index contributed by atoms with van der Waals surface area (Å²) in [7, 11) is 0. The third-order valence-corrected chi connectivity index (χ3v) is 5.50. The maximum Gasteiger partial charge on any atom is 0.229 e. The van der Waals surface area contributed by atoms with Crippen molar-refractivity contribution in [3.05, 3.63) is 24.4 Å². The molecule has 0 unspecified atom stereocenters. The zero-order chi connectivity index (χ0) is 17.2. The first-order chi connectivity index (χ1) is 12.2. The molecule has 7 nitrogen and oxygen atoms in total. The van der Waals surface area contributed by atoms with E-state index in [-0.39, 0.29) is 23.7 Å². The van der Waals surface area contributed by atoms with E-state index in [0.29, 0.717) is 36.1 Å². The van der Waals surface area contributed by atoms with Crippen molar-refractivity contribution in [2.24, 2.45) is 11.8 Å². The van der Waals surface area contributed by atoms with E-state index in [2.05, 4.69) is 20.5 Å². The van der Waals surface area contributed by atoms with E-state index in [9.17, 15) is 9.59 Å². The van der Waals surface area contributed by atoms with Crippen LogP contribution in [0.3, 0.4) is 0 Å². The predicted molar refractivity (Wildman–Crippen MR) is 93.8 cm³/mol. The van der Waals surface area contributed by atoms with Crippen LogP contribution in [0.25, 0.3) is 10.7 Å². The Labute approximate surface area is 149 Å². The Morgan fingerprint density at radius 1 is 1.08 bits per heavy atom. The van der Waals surface area contributed by atoms with E-state index in [1.807, 2.05) is 23.1 Å². The SMILES string of the molecule is O=C(Nc1nnc(-c2ccccn2)s1)C1CCN(C(=O)C2CC2)CC1. The quantitative estimate of drug-likeness (QED) is 0.906. The first kappa shape index (κ1) is 16.1. The van der Waals surface area contributed by atoms with Crippen molar-refractivity contribution in [1.29, 1.82) is 0 Å². The highest BCUT2D eigenvalue weighted by atomic mass is 32.1. The number of anilines is 1. The van der Waals surface area contributed by atoms with E-state index >= 15 is 0 Å². The van der Waals surface area contributed by atoms with Gasteiger partial charge >= 0.3 is 0 Å². The van der Waals surface area contributed by atoms with Crippen LogP contribution >= 0.6 is 11.3 Å². The summed E-state index contributed by atoms with van der Waals surface area (Å²) in [4.78, 5) is 30.7. The number of pyridine rings is 1. The molecule has 25 heavy (non-hydrogen) atoms. The van der Waals surface area contributed by atoms with Gasteiger partial charge in [0.2, 0.25) is 16.9 Å². The minimum absolute atomic E-state index is 0.0396. The fourth-order valence-corrected chi connectivity index (χ4v) is 3.75. The highest BCUT2D eigenvalue weighted by molar-refractivity contribution is 7.18. The van der Waals surface area contributed by atoms with Crippen molar-refractivity contribution in [2.75, 3.05) is 18.4 Å². The molecule has 0 aromatic carbocycles. The van der Waals surface area contributed by atoms with Gasteiger partial charge in [0.1, 0.15) is 5.69 Å². The number of amides is 2. The fourth-order valence-electron chi connectivity index (χ4n) is 3.02. The molecule has 1 saturated carbocycles. The molecule has 2 aromatic rings. The molecule has 2 amide bonds. The molecule has 0 spiro atoms. The Balaban J connectivity index is 1.32. The lowest BCUT2D eigenvalue weighted by Gasteiger charge is -2.31. The molecular formula is C17H19N5O2S. The molecule has 2 aromatic heterocycles. The Hall–Kier alpha value is -2.35. The number of piperidine rings is 1. The van der Waals surface area contributed by atoms with Gasteiger partial charge < -0.3 is 10.2 Å². The van der Waals surface area contributed by atoms with Crippen LogP contribution in [0.5, 0.6) is 0 Å². The predicted octanol–water partition coefficient (Wildman–Crippen LogP) is 2.19. The molecule has 0 radical (unpaired) electrons. The molecule has 3 heterocycles. The van der Waals surface area contributed by atoms with Crippen LogP contribution in [-0.2, 0) is 9.59 Å². The van der Waals surface area contributed by atoms with Crippen molar-refractivity contribution >= 4 is 28.3 Å². The fraction of sp³-hybridized carbons (Fsp3) is 0.471. The Kier molecular flexibility index (Phi) is 4.44. The summed E-state index contributed by atoms with van der Waals surface area (Å²) in [6.07, 6.45) is 5.15. The lowest BCUT2D eigenvalue weighted by Crippen LogP contribution is -2.42. The molecule has 8 heteroatoms. The maximum atomic E-state index is 12.4. The summed E-state index contributed by atoms with van der Waals surface area (Å²) < 4.78 is 0. The zero-order valence-electron chi connectivity index (χ0n) is 13.7. The van der Waals surface area contributed by atoms with Crippen molar-refractivity contribution < 1.29 is 9.59 Å². The first-order valence-corrected chi connectivity index (χ1v) is 9.37. The van der Waals surface area contributed by atoms with Crippen molar-refractivity contribution in [1.82, 2.24) is 20.1 Å². The highest BCUT2D eigenvalue weighted by Crippen LogP contribution is 2.32. The second-order valence-electron chi connectivity index (χ2n) is 6.49. The van der Waals surface area contributed by atoms with Crippen LogP contribution in [0.4, 0.5) is 5.13 Å². The van der Waals surface area contributed by atoms with Gasteiger partial charge in [0.15, 0.2) is 5.01 Å². The third-order valence-electron chi connectivity index (χ3n) is 4.64. The van der Waals surface area contributed by atoms with Gasteiger partial charge in [0.25, 0.3) is 0 Å². The van der Waals surface area contributed by atoms with Gasteiger partial charge in [-0.3, -0.25) is 14.6 Å². The number of hydrogen-bond acceptors (Lipinski definition) is 6. The number of rotatable bonds is 4. The second kappa shape index (κ2) is 6.87. The van der Waals surface area contributed by atoms with Crippen molar-refractivity contribution in [3.8, 4) is 10.7 Å². The summed E-state index contributed by atoms with van der Waals surface area (Å²) >= 11 is 1.31. The number of hydrogen-bond donors (Lipinski definition) is 1. The van der Waals surface area contributed by atoms with E-state index in [1.165, 1.54) is 11.3 Å². The monoisotopic (exact) mass is 357 g/mol. The van der Waals surface area contributed by atoms with Crippen LogP contribution in [0, 0.1) is 11.8 Å². The lowest BCUT2D eigenvalue weighted by molar-refractivity contribution is -0.135. The molecular weight excluding hydrogens is 338 g/mol. The third kappa shape index (κ3) is 3.68. The summed E-state index contributed by atoms with van der Waals surface area (Å²) in [6.45, 7) is 1.34. The number of carbonyl (C=O) groups excluding carboxylic acids is 2. The molecule has 130 valence electrons. The summed E-state index contributed by atoms with van der Waals surface area (Å²) in [5.41, 5.74) is 0.743. The smallest absolute Gasteiger partial charge is 0.229 e. The normalized spacial score (nSPS) is 18.2. The van der Waals surface area contributed by atoms with Crippen LogP contribution in [0.2, 0.25) is 0 Å². The number of aromatic nitrogens is 3. The van der Waals surface area contributed by atoms with Crippen LogP contribution in [-0.4, -0.2) is 45.0 Å². The molecule has 1 aliphatic heterocycles. The first-order valence-electron chi connectivity index (χ1n) is 8.55. The zero-order valence-corrected chi connectivity index (χ0v) is 14.5. The van der Waals surface area contributed by atoms with E-state index < -0.39 is 0 Å². The molecule has 2 aliphatic rings. The van der Waals surface area contributed by atoms with Crippen molar-refractivity contribution in [3.63, 3.8) is 0 Å². The number of carbonyl (C=O) groups is 2. The van der Waals surface area contributed by atoms with Crippen LogP contribution in [0.1, 0.15) is 25.7 Å². The molecule has 1 N–H and O–H groups in total. The second-order valence-corrected chi connectivity index (χ2v) is 7.47. The lowest BCUT2D eigenvalue weighted by atomic mass is 9.95. The average molecular weight is 357 g/mol. The Morgan fingerprint density at radius 3 is 2.56 bits per heavy atom. The molecule has 4 rings (SSSR count). The van der Waals surface area contributed by atoms with Gasteiger partial charge in [0.05, 0.1) is 0 Å². The Morgan fingerprint density at radius 2 is 1.88 bits per heavy atom. The summed E-state index contributed by atoms with van der Waals surface area (Å²) in [6, 6.07) is 5.59. The highest BCUT2D eigenvalue weighted by Gasteiger charge is 2.36. The minimum atomic E-state index is -0.0783. The Bertz CT molecular complexity index is 766. The minimum Gasteiger partial charge on any atom is -0.342 e. The number of nitrogens with zero attached hydrogens (tertiary/aromatic N) is 4. The standard InChI is InChI=1S/C17H19N5O2S/c23-14(11-6-9-22(10-7-11)16(24)12-4-5-12)19-17-21-20-15(25-17)13-3-1-2-8-18-13/h1-3,8,11-12H,4-7,9-10H2,(H,19,21,23). The molecule has 0 atom stereocenters. The van der Waals surface area contributed by atoms with E-state index in [4.69, 9.17) is 0 Å². The van der Waals surface area contributed by atoms with Crippen molar-refractivity contribution in [2.45, 2.75) is 25.7 Å². The van der Waals surface area contributed by atoms with Gasteiger partial charge in [-0.2, -0.15) is 0 Å². The molecule has 1 aliphatic carbocycles. The number of likely N-dealkylation sites (tertiary alicyclic amines) is 1.